The second-order valence-corrected chi connectivity index (χ2v) is 5.66. The topological polar surface area (TPSA) is 73.9 Å². The molecule has 0 aliphatic carbocycles. The van der Waals surface area contributed by atoms with Crippen molar-refractivity contribution in [3.63, 3.8) is 0 Å². The number of nitrogens with one attached hydrogen (secondary N) is 1. The molecule has 0 fully saturated rings. The number of carbonyl (C=O) groups excluding carboxylic acids is 2. The third kappa shape index (κ3) is 4.52. The molecule has 2 aromatic carbocycles. The second kappa shape index (κ2) is 7.88. The zero-order valence-corrected chi connectivity index (χ0v) is 14.1. The zero-order valence-electron chi connectivity index (χ0n) is 13.3. The molecule has 0 radical (unpaired) electrons. The number of fused-ring (bicyclic) bond motifs is 1. The fourth-order valence-electron chi connectivity index (χ4n) is 2.14. The summed E-state index contributed by atoms with van der Waals surface area (Å²) in [5, 5.41) is 2.50. The van der Waals surface area contributed by atoms with Gasteiger partial charge in [-0.3, -0.25) is 4.79 Å². The van der Waals surface area contributed by atoms with Gasteiger partial charge in [0.2, 0.25) is 6.79 Å². The van der Waals surface area contributed by atoms with Crippen LogP contribution in [0.1, 0.15) is 5.56 Å². The van der Waals surface area contributed by atoms with Gasteiger partial charge in [-0.05, 0) is 42.0 Å². The third-order valence-corrected chi connectivity index (χ3v) is 3.59. The highest BCUT2D eigenvalue weighted by molar-refractivity contribution is 6.30. The molecule has 0 saturated carbocycles. The molecule has 0 saturated heterocycles. The SMILES string of the molecule is O=C(COC(=O)/C=C/c1ccc2c(c1)OCO2)Nc1ccc(Cl)cc1F. The van der Waals surface area contributed by atoms with Crippen molar-refractivity contribution in [3.05, 3.63) is 58.9 Å². The van der Waals surface area contributed by atoms with Crippen LogP contribution in [0.15, 0.2) is 42.5 Å². The van der Waals surface area contributed by atoms with Gasteiger partial charge in [0.15, 0.2) is 18.1 Å². The van der Waals surface area contributed by atoms with Crippen molar-refractivity contribution < 1.29 is 28.2 Å². The lowest BCUT2D eigenvalue weighted by Crippen LogP contribution is -2.20. The molecule has 0 bridgehead atoms. The molecule has 26 heavy (non-hydrogen) atoms. The molecule has 0 aromatic heterocycles. The van der Waals surface area contributed by atoms with Gasteiger partial charge in [0.1, 0.15) is 5.82 Å². The molecule has 1 N–H and O–H groups in total. The average Bonchev–Trinajstić information content (AvgIpc) is 3.08. The van der Waals surface area contributed by atoms with E-state index in [-0.39, 0.29) is 17.5 Å². The lowest BCUT2D eigenvalue weighted by atomic mass is 10.2. The Morgan fingerprint density at radius 3 is 2.81 bits per heavy atom. The maximum absolute atomic E-state index is 13.6. The smallest absolute Gasteiger partial charge is 0.331 e. The number of esters is 1. The fourth-order valence-corrected chi connectivity index (χ4v) is 2.30. The molecule has 0 spiro atoms. The average molecular weight is 378 g/mol. The maximum atomic E-state index is 13.6. The summed E-state index contributed by atoms with van der Waals surface area (Å²) in [5.74, 6) is -0.842. The first kappa shape index (κ1) is 17.8. The highest BCUT2D eigenvalue weighted by atomic mass is 35.5. The first-order valence-corrected chi connectivity index (χ1v) is 7.88. The number of ether oxygens (including phenoxy) is 3. The van der Waals surface area contributed by atoms with Crippen LogP contribution in [0.5, 0.6) is 11.5 Å². The molecular formula is C18H13ClFNO5. The number of benzene rings is 2. The van der Waals surface area contributed by atoms with E-state index in [1.165, 1.54) is 24.3 Å². The Hall–Kier alpha value is -3.06. The molecular weight excluding hydrogens is 365 g/mol. The van der Waals surface area contributed by atoms with E-state index in [1.807, 2.05) is 0 Å². The summed E-state index contributed by atoms with van der Waals surface area (Å²) in [5.41, 5.74) is 0.658. The van der Waals surface area contributed by atoms with E-state index < -0.39 is 24.3 Å². The van der Waals surface area contributed by atoms with Crippen molar-refractivity contribution in [2.75, 3.05) is 18.7 Å². The summed E-state index contributed by atoms with van der Waals surface area (Å²) < 4.78 is 28.8. The molecule has 1 aliphatic rings. The third-order valence-electron chi connectivity index (χ3n) is 3.36. The molecule has 1 amide bonds. The van der Waals surface area contributed by atoms with Crippen LogP contribution in [-0.2, 0) is 14.3 Å². The van der Waals surface area contributed by atoms with Crippen LogP contribution >= 0.6 is 11.6 Å². The largest absolute Gasteiger partial charge is 0.454 e. The zero-order chi connectivity index (χ0) is 18.5. The van der Waals surface area contributed by atoms with E-state index in [9.17, 15) is 14.0 Å². The molecule has 134 valence electrons. The molecule has 0 unspecified atom stereocenters. The van der Waals surface area contributed by atoms with E-state index in [0.29, 0.717) is 17.1 Å². The normalized spacial score (nSPS) is 12.2. The first-order valence-electron chi connectivity index (χ1n) is 7.50. The van der Waals surface area contributed by atoms with Crippen LogP contribution in [-0.4, -0.2) is 25.3 Å². The number of amides is 1. The summed E-state index contributed by atoms with van der Waals surface area (Å²) in [6, 6.07) is 8.99. The predicted molar refractivity (Wildman–Crippen MR) is 92.6 cm³/mol. The summed E-state index contributed by atoms with van der Waals surface area (Å²) in [7, 11) is 0. The maximum Gasteiger partial charge on any atom is 0.331 e. The lowest BCUT2D eigenvalue weighted by molar-refractivity contribution is -0.142. The summed E-state index contributed by atoms with van der Waals surface area (Å²) in [4.78, 5) is 23.4. The van der Waals surface area contributed by atoms with Crippen LogP contribution < -0.4 is 14.8 Å². The van der Waals surface area contributed by atoms with E-state index in [1.54, 1.807) is 18.2 Å². The van der Waals surface area contributed by atoms with Crippen molar-refractivity contribution in [1.82, 2.24) is 0 Å². The first-order chi connectivity index (χ1) is 12.5. The Morgan fingerprint density at radius 2 is 2.00 bits per heavy atom. The Bertz CT molecular complexity index is 884. The van der Waals surface area contributed by atoms with Crippen LogP contribution in [0.4, 0.5) is 10.1 Å². The van der Waals surface area contributed by atoms with Crippen molar-refractivity contribution in [2.45, 2.75) is 0 Å². The van der Waals surface area contributed by atoms with Crippen molar-refractivity contribution >= 4 is 35.2 Å². The monoisotopic (exact) mass is 377 g/mol. The number of rotatable bonds is 5. The Kier molecular flexibility index (Phi) is 5.38. The van der Waals surface area contributed by atoms with Crippen molar-refractivity contribution in [3.8, 4) is 11.5 Å². The van der Waals surface area contributed by atoms with Gasteiger partial charge >= 0.3 is 5.97 Å². The number of hydrogen-bond acceptors (Lipinski definition) is 5. The lowest BCUT2D eigenvalue weighted by Gasteiger charge is -2.06. The van der Waals surface area contributed by atoms with Crippen molar-refractivity contribution in [1.29, 1.82) is 0 Å². The molecule has 8 heteroatoms. The number of carbonyl (C=O) groups is 2. The summed E-state index contributed by atoms with van der Waals surface area (Å²) >= 11 is 5.63. The van der Waals surface area contributed by atoms with Gasteiger partial charge in [0.05, 0.1) is 5.69 Å². The molecule has 3 rings (SSSR count). The Balaban J connectivity index is 1.49. The highest BCUT2D eigenvalue weighted by Crippen LogP contribution is 2.32. The fraction of sp³-hybridized carbons (Fsp3) is 0.111. The standard InChI is InChI=1S/C18H13ClFNO5/c19-12-3-4-14(13(20)8-12)21-17(22)9-24-18(23)6-2-11-1-5-15-16(7-11)26-10-25-15/h1-8H,9-10H2,(H,21,22)/b6-2+. The molecule has 0 atom stereocenters. The summed E-state index contributed by atoms with van der Waals surface area (Å²) in [6.07, 6.45) is 2.69. The quantitative estimate of drug-likeness (QED) is 0.638. The second-order valence-electron chi connectivity index (χ2n) is 5.23. The Morgan fingerprint density at radius 1 is 1.19 bits per heavy atom. The molecule has 1 aliphatic heterocycles. The van der Waals surface area contributed by atoms with Gasteiger partial charge in [-0.25, -0.2) is 9.18 Å². The predicted octanol–water partition coefficient (Wildman–Crippen LogP) is 3.40. The van der Waals surface area contributed by atoms with Crippen LogP contribution in [0, 0.1) is 5.82 Å². The number of hydrogen-bond donors (Lipinski definition) is 1. The van der Waals surface area contributed by atoms with Gasteiger partial charge in [0.25, 0.3) is 5.91 Å². The van der Waals surface area contributed by atoms with E-state index in [0.717, 1.165) is 6.07 Å². The van der Waals surface area contributed by atoms with Gasteiger partial charge in [-0.2, -0.15) is 0 Å². The highest BCUT2D eigenvalue weighted by Gasteiger charge is 2.13. The van der Waals surface area contributed by atoms with Crippen LogP contribution in [0.2, 0.25) is 5.02 Å². The van der Waals surface area contributed by atoms with Crippen LogP contribution in [0.25, 0.3) is 6.08 Å². The number of halogens is 2. The molecule has 6 nitrogen and oxygen atoms in total. The van der Waals surface area contributed by atoms with Gasteiger partial charge in [0, 0.05) is 11.1 Å². The van der Waals surface area contributed by atoms with Crippen LogP contribution in [0.3, 0.4) is 0 Å². The Labute approximate surface area is 153 Å². The van der Waals surface area contributed by atoms with E-state index >= 15 is 0 Å². The minimum Gasteiger partial charge on any atom is -0.454 e. The van der Waals surface area contributed by atoms with Gasteiger partial charge in [-0.15, -0.1) is 0 Å². The van der Waals surface area contributed by atoms with E-state index in [4.69, 9.17) is 25.8 Å². The van der Waals surface area contributed by atoms with Crippen molar-refractivity contribution in [2.24, 2.45) is 0 Å². The number of anilines is 1. The molecule has 1 heterocycles. The minimum absolute atomic E-state index is 0.0497. The minimum atomic E-state index is -0.714. The van der Waals surface area contributed by atoms with Gasteiger partial charge < -0.3 is 19.5 Å². The summed E-state index contributed by atoms with van der Waals surface area (Å²) in [6.45, 7) is -0.389. The molecule has 2 aromatic rings. The van der Waals surface area contributed by atoms with E-state index in [2.05, 4.69) is 5.32 Å². The van der Waals surface area contributed by atoms with Gasteiger partial charge in [-0.1, -0.05) is 17.7 Å².